The lowest BCUT2D eigenvalue weighted by Crippen LogP contribution is -2.71. The van der Waals surface area contributed by atoms with E-state index in [0.29, 0.717) is 32.4 Å². The number of hydrogen-bond acceptors (Lipinski definition) is 7. The summed E-state index contributed by atoms with van der Waals surface area (Å²) in [6, 6.07) is 8.03. The van der Waals surface area contributed by atoms with Crippen molar-refractivity contribution >= 4 is 17.7 Å². The highest BCUT2D eigenvalue weighted by Gasteiger charge is 2.70. The molecule has 1 aromatic rings. The first-order valence-electron chi connectivity index (χ1n) is 15.8. The van der Waals surface area contributed by atoms with Gasteiger partial charge in [0.05, 0.1) is 11.3 Å². The Bertz CT molecular complexity index is 1600. The zero-order valence-corrected chi connectivity index (χ0v) is 25.4. The van der Waals surface area contributed by atoms with Crippen LogP contribution in [0.1, 0.15) is 45.1 Å². The molecule has 4 unspecified atom stereocenters. The molecule has 0 bridgehead atoms. The van der Waals surface area contributed by atoms with Gasteiger partial charge in [-0.2, -0.15) is 0 Å². The number of carbonyl (C=O) groups is 3. The number of piperidine rings is 1. The Labute approximate surface area is 257 Å². The number of allylic oxidation sites excluding steroid dienone is 4. The number of piperazine rings is 1. The molecule has 0 saturated carbocycles. The zero-order valence-electron chi connectivity index (χ0n) is 25.4. The van der Waals surface area contributed by atoms with E-state index < -0.39 is 35.5 Å². The molecular weight excluding hydrogens is 558 g/mol. The molecule has 44 heavy (non-hydrogen) atoms. The molecule has 230 valence electrons. The largest absolute Gasteiger partial charge is 0.364 e. The minimum absolute atomic E-state index is 0.198. The summed E-state index contributed by atoms with van der Waals surface area (Å²) in [5, 5.41) is 18.5. The quantitative estimate of drug-likeness (QED) is 0.486. The summed E-state index contributed by atoms with van der Waals surface area (Å²) < 4.78 is 6.26. The fourth-order valence-corrected chi connectivity index (χ4v) is 8.93. The Morgan fingerprint density at radius 3 is 2.77 bits per heavy atom. The number of rotatable bonds is 4. The van der Waals surface area contributed by atoms with Crippen molar-refractivity contribution < 1.29 is 24.2 Å². The van der Waals surface area contributed by atoms with E-state index in [9.17, 15) is 19.5 Å². The third-order valence-corrected chi connectivity index (χ3v) is 11.2. The van der Waals surface area contributed by atoms with Gasteiger partial charge < -0.3 is 20.6 Å². The smallest absolute Gasteiger partial charge is 0.280 e. The summed E-state index contributed by atoms with van der Waals surface area (Å²) in [4.78, 5) is 47.1. The average molecular weight is 598 g/mol. The van der Waals surface area contributed by atoms with Crippen molar-refractivity contribution in [1.82, 2.24) is 25.3 Å². The number of fused-ring (bicyclic) bond motifs is 4. The number of ether oxygens (including phenoxy) is 1. The second-order valence-corrected chi connectivity index (χ2v) is 13.7. The van der Waals surface area contributed by atoms with Crippen LogP contribution in [-0.2, 0) is 25.5 Å². The van der Waals surface area contributed by atoms with Crippen LogP contribution in [0.5, 0.6) is 0 Å². The number of aliphatic hydroxyl groups is 1. The molecule has 3 N–H and O–H groups in total. The minimum atomic E-state index is -2.03. The van der Waals surface area contributed by atoms with Crippen molar-refractivity contribution in [2.45, 2.75) is 75.7 Å². The van der Waals surface area contributed by atoms with Gasteiger partial charge in [0.2, 0.25) is 17.5 Å². The van der Waals surface area contributed by atoms with E-state index in [0.717, 1.165) is 17.7 Å². The predicted octanol–water partition coefficient (Wildman–Crippen LogP) is 1.91. The molecule has 7 atom stereocenters. The molecule has 8 rings (SSSR count). The number of nitrogens with one attached hydrogen (secondary N) is 2. The molecule has 0 spiro atoms. The maximum Gasteiger partial charge on any atom is 0.280 e. The molecule has 5 heterocycles. The molecule has 3 amide bonds. The van der Waals surface area contributed by atoms with Gasteiger partial charge in [0.1, 0.15) is 12.1 Å². The van der Waals surface area contributed by atoms with Crippen LogP contribution in [0.2, 0.25) is 0 Å². The maximum atomic E-state index is 14.2. The maximum absolute atomic E-state index is 14.2. The molecular formula is C34H39N5O5. The van der Waals surface area contributed by atoms with Crippen LogP contribution < -0.4 is 10.6 Å². The highest BCUT2D eigenvalue weighted by Crippen LogP contribution is 2.56. The Balaban J connectivity index is 1.09. The number of amides is 3. The van der Waals surface area contributed by atoms with E-state index in [4.69, 9.17) is 4.74 Å². The molecule has 2 aliphatic carbocycles. The molecule has 4 saturated heterocycles. The van der Waals surface area contributed by atoms with Gasteiger partial charge in [-0.1, -0.05) is 42.5 Å². The monoisotopic (exact) mass is 597 g/mol. The van der Waals surface area contributed by atoms with Gasteiger partial charge in [0, 0.05) is 37.4 Å². The number of likely N-dealkylation sites (tertiary alicyclic amines) is 1. The fraction of sp³-hybridized carbons (Fsp3) is 0.500. The molecule has 10 nitrogen and oxygen atoms in total. The molecule has 4 fully saturated rings. The summed E-state index contributed by atoms with van der Waals surface area (Å²) in [5.41, 5.74) is 3.84. The lowest BCUT2D eigenvalue weighted by molar-refractivity contribution is -0.315. The lowest BCUT2D eigenvalue weighted by Gasteiger charge is -2.48. The highest BCUT2D eigenvalue weighted by atomic mass is 16.7. The van der Waals surface area contributed by atoms with Crippen LogP contribution in [0.25, 0.3) is 0 Å². The first-order chi connectivity index (χ1) is 21.0. The van der Waals surface area contributed by atoms with Gasteiger partial charge >= 0.3 is 0 Å². The first kappa shape index (κ1) is 27.8. The topological polar surface area (TPSA) is 114 Å². The van der Waals surface area contributed by atoms with E-state index in [1.807, 2.05) is 30.3 Å². The third kappa shape index (κ3) is 3.68. The zero-order chi connectivity index (χ0) is 30.6. The second-order valence-electron chi connectivity index (χ2n) is 13.7. The van der Waals surface area contributed by atoms with Crippen LogP contribution in [0.4, 0.5) is 0 Å². The van der Waals surface area contributed by atoms with Crippen molar-refractivity contribution in [2.24, 2.45) is 11.3 Å². The van der Waals surface area contributed by atoms with Gasteiger partial charge in [-0.3, -0.25) is 28.9 Å². The summed E-state index contributed by atoms with van der Waals surface area (Å²) in [6.45, 7) is 4.78. The molecule has 0 radical (unpaired) electrons. The van der Waals surface area contributed by atoms with Crippen molar-refractivity contribution in [3.8, 4) is 0 Å². The Kier molecular flexibility index (Phi) is 5.93. The van der Waals surface area contributed by atoms with Crippen LogP contribution in [-0.4, -0.2) is 87.4 Å². The van der Waals surface area contributed by atoms with Crippen LogP contribution >= 0.6 is 0 Å². The number of nitrogens with zero attached hydrogens (tertiary/aromatic N) is 3. The summed E-state index contributed by atoms with van der Waals surface area (Å²) >= 11 is 0. The van der Waals surface area contributed by atoms with Crippen LogP contribution in [0.3, 0.4) is 0 Å². The molecule has 0 aromatic heterocycles. The average Bonchev–Trinajstić information content (AvgIpc) is 3.67. The standard InChI is InChI=1S/C34H39N5O5/c1-32-22-17-25-23(24(32)11-7-12-27(32)35-18-22)16-21(19-37(25)3)29(40)36-33(2)31(42)39-26(15-20-9-5-4-6-10-20)30(41)38-14-8-13-28(38)34(39,43)44-33/h4-7,9-12,18,21,25-26,28,35,43H,8,13-17,19H2,1-3H3,(H,36,40)/t21-,25-,26?,28+,32?,33?,34?/m1/s1. The number of likely N-dealkylation sites (N-methyl/N-ethyl adjacent to an activating group) is 1. The number of hydrogen-bond donors (Lipinski definition) is 3. The van der Waals surface area contributed by atoms with E-state index >= 15 is 0 Å². The third-order valence-electron chi connectivity index (χ3n) is 11.2. The van der Waals surface area contributed by atoms with E-state index in [1.54, 1.807) is 4.90 Å². The van der Waals surface area contributed by atoms with Gasteiger partial charge in [0.15, 0.2) is 0 Å². The fourth-order valence-electron chi connectivity index (χ4n) is 8.93. The van der Waals surface area contributed by atoms with Gasteiger partial charge in [0.25, 0.3) is 11.8 Å². The Hall–Kier alpha value is -3.73. The normalized spacial score (nSPS) is 38.9. The lowest BCUT2D eigenvalue weighted by atomic mass is 9.62. The van der Waals surface area contributed by atoms with Gasteiger partial charge in [-0.15, -0.1) is 0 Å². The Morgan fingerprint density at radius 1 is 1.18 bits per heavy atom. The van der Waals surface area contributed by atoms with Crippen molar-refractivity contribution in [3.05, 3.63) is 82.7 Å². The highest BCUT2D eigenvalue weighted by molar-refractivity contribution is 5.97. The Morgan fingerprint density at radius 2 is 1.98 bits per heavy atom. The summed E-state index contributed by atoms with van der Waals surface area (Å²) in [6.07, 6.45) is 11.4. The van der Waals surface area contributed by atoms with Gasteiger partial charge in [-0.05, 0) is 74.9 Å². The van der Waals surface area contributed by atoms with E-state index in [2.05, 4.69) is 53.9 Å². The second kappa shape index (κ2) is 9.39. The predicted molar refractivity (Wildman–Crippen MR) is 161 cm³/mol. The molecule has 7 aliphatic rings. The summed E-state index contributed by atoms with van der Waals surface area (Å²) in [7, 11) is 2.05. The van der Waals surface area contributed by atoms with Crippen molar-refractivity contribution in [3.63, 3.8) is 0 Å². The van der Waals surface area contributed by atoms with E-state index in [-0.39, 0.29) is 29.7 Å². The molecule has 1 aromatic carbocycles. The SMILES string of the molecule is CN1C[C@H](C(=O)NC2(C)OC3(O)[C@@H]4CCCN4C(=O)C(Cc4ccccc4)N3C2=O)CC2=C3C=CC=C4NC=C(C[C@H]21)C43C. The molecule has 5 aliphatic heterocycles. The van der Waals surface area contributed by atoms with Crippen LogP contribution in [0, 0.1) is 11.3 Å². The van der Waals surface area contributed by atoms with Crippen molar-refractivity contribution in [2.75, 3.05) is 20.1 Å². The van der Waals surface area contributed by atoms with E-state index in [1.165, 1.54) is 28.5 Å². The minimum Gasteiger partial charge on any atom is -0.364 e. The summed E-state index contributed by atoms with van der Waals surface area (Å²) in [5.74, 6) is -3.55. The van der Waals surface area contributed by atoms with Crippen LogP contribution in [0.15, 0.2) is 77.2 Å². The van der Waals surface area contributed by atoms with Crippen molar-refractivity contribution in [1.29, 1.82) is 0 Å². The van der Waals surface area contributed by atoms with Gasteiger partial charge in [-0.25, -0.2) is 0 Å². The first-order valence-corrected chi connectivity index (χ1v) is 15.8. The molecule has 10 heteroatoms. The number of carbonyl (C=O) groups excluding carboxylic acids is 3. The number of benzene rings is 1.